The van der Waals surface area contributed by atoms with Crippen molar-refractivity contribution in [2.45, 2.75) is 19.0 Å². The molecule has 0 atom stereocenters. The van der Waals surface area contributed by atoms with E-state index in [1.54, 1.807) is 0 Å². The molecular weight excluding hydrogens is 250 g/mol. The van der Waals surface area contributed by atoms with E-state index in [-0.39, 0.29) is 0 Å². The smallest absolute Gasteiger partial charge is 0.290 e. The summed E-state index contributed by atoms with van der Waals surface area (Å²) in [5.41, 5.74) is -0.732. The zero-order chi connectivity index (χ0) is 13.2. The topological polar surface area (TPSA) is 17.1 Å². The summed E-state index contributed by atoms with van der Waals surface area (Å²) in [5, 5.41) is 0. The normalized spacial score (nSPS) is 11.6. The molecule has 0 radical (unpaired) electrons. The molecule has 0 saturated carbocycles. The highest BCUT2D eigenvalue weighted by Gasteiger charge is 2.37. The summed E-state index contributed by atoms with van der Waals surface area (Å²) in [4.78, 5) is 10.5. The van der Waals surface area contributed by atoms with Crippen LogP contribution in [0.3, 0.4) is 0 Å². The van der Waals surface area contributed by atoms with Gasteiger partial charge in [0.05, 0.1) is 0 Å². The molecule has 0 aliphatic carbocycles. The van der Waals surface area contributed by atoms with Crippen LogP contribution >= 0.6 is 0 Å². The third-order valence-corrected chi connectivity index (χ3v) is 2.02. The van der Waals surface area contributed by atoms with Gasteiger partial charge in [0.2, 0.25) is 5.78 Å². The molecule has 0 aliphatic heterocycles. The first-order valence-electron chi connectivity index (χ1n) is 4.45. The van der Waals surface area contributed by atoms with Crippen LogP contribution < -0.4 is 0 Å². The van der Waals surface area contributed by atoms with Gasteiger partial charge < -0.3 is 0 Å². The monoisotopic (exact) mass is 256 g/mol. The minimum Gasteiger partial charge on any atom is -0.290 e. The highest BCUT2D eigenvalue weighted by Crippen LogP contribution is 2.21. The van der Waals surface area contributed by atoms with Gasteiger partial charge in [-0.1, -0.05) is 0 Å². The van der Waals surface area contributed by atoms with Crippen LogP contribution in [0.4, 0.5) is 26.3 Å². The number of carbonyl (C=O) groups excluding carboxylic acids is 1. The van der Waals surface area contributed by atoms with Crippen molar-refractivity contribution in [1.82, 2.24) is 0 Å². The molecular formula is C10H6F6O. The number of hydrogen-bond donors (Lipinski definition) is 0. The molecule has 1 rings (SSSR count). The van der Waals surface area contributed by atoms with Crippen molar-refractivity contribution in [1.29, 1.82) is 0 Å². The zero-order valence-electron chi connectivity index (χ0n) is 8.24. The second-order valence-electron chi connectivity index (χ2n) is 3.27. The molecule has 0 aromatic heterocycles. The van der Waals surface area contributed by atoms with Gasteiger partial charge >= 0.3 is 6.18 Å². The van der Waals surface area contributed by atoms with Gasteiger partial charge in [0.25, 0.3) is 0 Å². The molecule has 7 heteroatoms. The molecule has 17 heavy (non-hydrogen) atoms. The second-order valence-corrected chi connectivity index (χ2v) is 3.27. The summed E-state index contributed by atoms with van der Waals surface area (Å²) >= 11 is 0. The fraction of sp³-hybridized carbons (Fsp3) is 0.300. The largest absolute Gasteiger partial charge is 0.449 e. The third kappa shape index (κ3) is 3.47. The Balaban J connectivity index is 2.80. The van der Waals surface area contributed by atoms with Crippen molar-refractivity contribution in [2.75, 3.05) is 0 Å². The Bertz CT molecular complexity index is 414. The first kappa shape index (κ1) is 13.5. The van der Waals surface area contributed by atoms with E-state index < -0.39 is 47.8 Å². The Morgan fingerprint density at radius 3 is 1.94 bits per heavy atom. The van der Waals surface area contributed by atoms with Crippen molar-refractivity contribution in [2.24, 2.45) is 0 Å². The molecule has 0 bridgehead atoms. The van der Waals surface area contributed by atoms with E-state index in [0.717, 1.165) is 0 Å². The van der Waals surface area contributed by atoms with Crippen LogP contribution in [0.15, 0.2) is 12.1 Å². The van der Waals surface area contributed by atoms with Crippen LogP contribution in [-0.2, 0) is 11.2 Å². The number of halogens is 6. The number of Topliss-reactive ketones (excluding diaryl/α,β-unsaturated/α-hetero) is 1. The Morgan fingerprint density at radius 1 is 1.06 bits per heavy atom. The molecule has 0 heterocycles. The molecule has 0 spiro atoms. The molecule has 0 saturated heterocycles. The van der Waals surface area contributed by atoms with E-state index in [9.17, 15) is 31.1 Å². The van der Waals surface area contributed by atoms with Gasteiger partial charge in [0.15, 0.2) is 0 Å². The molecule has 1 aromatic carbocycles. The Morgan fingerprint density at radius 2 is 1.53 bits per heavy atom. The SMILES string of the molecule is O=C(CCc1c(F)cc(F)cc1F)C(F)(F)F. The molecule has 0 aliphatic rings. The summed E-state index contributed by atoms with van der Waals surface area (Å²) in [7, 11) is 0. The molecule has 94 valence electrons. The van der Waals surface area contributed by atoms with Crippen LogP contribution in [0.1, 0.15) is 12.0 Å². The van der Waals surface area contributed by atoms with Crippen molar-refractivity contribution < 1.29 is 31.1 Å². The Hall–Kier alpha value is -1.53. The third-order valence-electron chi connectivity index (χ3n) is 2.02. The van der Waals surface area contributed by atoms with Gasteiger partial charge in [0, 0.05) is 24.1 Å². The van der Waals surface area contributed by atoms with E-state index in [1.807, 2.05) is 0 Å². The average molecular weight is 256 g/mol. The Labute approximate surface area is 92.0 Å². The molecule has 0 N–H and O–H groups in total. The summed E-state index contributed by atoms with van der Waals surface area (Å²) < 4.78 is 73.9. The van der Waals surface area contributed by atoms with Crippen LogP contribution in [0.25, 0.3) is 0 Å². The van der Waals surface area contributed by atoms with Crippen molar-refractivity contribution >= 4 is 5.78 Å². The lowest BCUT2D eigenvalue weighted by Gasteiger charge is -2.07. The maximum Gasteiger partial charge on any atom is 0.449 e. The van der Waals surface area contributed by atoms with Gasteiger partial charge in [-0.3, -0.25) is 4.79 Å². The summed E-state index contributed by atoms with van der Waals surface area (Å²) in [6.07, 6.45) is -6.88. The maximum atomic E-state index is 13.0. The number of alkyl halides is 3. The van der Waals surface area contributed by atoms with Gasteiger partial charge in [-0.15, -0.1) is 0 Å². The number of ketones is 1. The predicted octanol–water partition coefficient (Wildman–Crippen LogP) is 3.17. The van der Waals surface area contributed by atoms with Gasteiger partial charge in [-0.2, -0.15) is 13.2 Å². The van der Waals surface area contributed by atoms with E-state index in [1.165, 1.54) is 0 Å². The quantitative estimate of drug-likeness (QED) is 0.759. The highest BCUT2D eigenvalue weighted by atomic mass is 19.4. The lowest BCUT2D eigenvalue weighted by atomic mass is 10.1. The summed E-state index contributed by atoms with van der Waals surface area (Å²) in [6.45, 7) is 0. The fourth-order valence-corrected chi connectivity index (χ4v) is 1.19. The lowest BCUT2D eigenvalue weighted by molar-refractivity contribution is -0.171. The number of hydrogen-bond acceptors (Lipinski definition) is 1. The Kier molecular flexibility index (Phi) is 3.79. The molecule has 0 unspecified atom stereocenters. The average Bonchev–Trinajstić information content (AvgIpc) is 2.13. The van der Waals surface area contributed by atoms with E-state index in [4.69, 9.17) is 0 Å². The van der Waals surface area contributed by atoms with Crippen molar-refractivity contribution in [3.63, 3.8) is 0 Å². The molecule has 0 amide bonds. The first-order valence-corrected chi connectivity index (χ1v) is 4.45. The first-order chi connectivity index (χ1) is 7.71. The van der Waals surface area contributed by atoms with Gasteiger partial charge in [-0.25, -0.2) is 13.2 Å². The zero-order valence-corrected chi connectivity index (χ0v) is 8.24. The van der Waals surface area contributed by atoms with Crippen molar-refractivity contribution in [3.8, 4) is 0 Å². The number of carbonyl (C=O) groups is 1. The minimum absolute atomic E-state index is 0.344. The van der Waals surface area contributed by atoms with Crippen molar-refractivity contribution in [3.05, 3.63) is 35.1 Å². The molecule has 0 fully saturated rings. The van der Waals surface area contributed by atoms with E-state index in [0.29, 0.717) is 12.1 Å². The van der Waals surface area contributed by atoms with Crippen LogP contribution in [0, 0.1) is 17.5 Å². The summed E-state index contributed by atoms with van der Waals surface area (Å²) in [6, 6.07) is 0.687. The second kappa shape index (κ2) is 4.77. The number of benzene rings is 1. The summed E-state index contributed by atoms with van der Waals surface area (Å²) in [5.74, 6) is -5.87. The number of rotatable bonds is 3. The van der Waals surface area contributed by atoms with Gasteiger partial charge in [0.1, 0.15) is 17.5 Å². The van der Waals surface area contributed by atoms with Gasteiger partial charge in [-0.05, 0) is 6.42 Å². The highest BCUT2D eigenvalue weighted by molar-refractivity contribution is 5.84. The van der Waals surface area contributed by atoms with E-state index >= 15 is 0 Å². The van der Waals surface area contributed by atoms with Crippen LogP contribution in [-0.4, -0.2) is 12.0 Å². The van der Waals surface area contributed by atoms with Crippen LogP contribution in [0.2, 0.25) is 0 Å². The van der Waals surface area contributed by atoms with E-state index in [2.05, 4.69) is 0 Å². The standard InChI is InChI=1S/C10H6F6O/c11-5-3-7(12)6(8(13)4-5)1-2-9(17)10(14,15)16/h3-4H,1-2H2. The molecule has 1 aromatic rings. The lowest BCUT2D eigenvalue weighted by Crippen LogP contribution is -2.23. The van der Waals surface area contributed by atoms with Crippen LogP contribution in [0.5, 0.6) is 0 Å². The minimum atomic E-state index is -5.03. The predicted molar refractivity (Wildman–Crippen MR) is 45.7 cm³/mol. The maximum absolute atomic E-state index is 13.0. The fourth-order valence-electron chi connectivity index (χ4n) is 1.19. The molecule has 1 nitrogen and oxygen atoms in total.